The molecule has 110 valence electrons. The minimum absolute atomic E-state index is 0.109. The quantitative estimate of drug-likeness (QED) is 0.919. The van der Waals surface area contributed by atoms with E-state index in [0.29, 0.717) is 13.0 Å². The highest BCUT2D eigenvalue weighted by molar-refractivity contribution is 7.90. The zero-order chi connectivity index (χ0) is 14.9. The minimum atomic E-state index is -3.48. The van der Waals surface area contributed by atoms with Gasteiger partial charge in [-0.3, -0.25) is 0 Å². The molecule has 0 saturated carbocycles. The van der Waals surface area contributed by atoms with E-state index in [1.807, 2.05) is 0 Å². The lowest BCUT2D eigenvalue weighted by Crippen LogP contribution is -2.45. The molecule has 0 unspecified atom stereocenters. The number of carboxylic acids is 1. The average molecular weight is 301 g/mol. The summed E-state index contributed by atoms with van der Waals surface area (Å²) in [5.41, 5.74) is 0.143. The molecule has 20 heavy (non-hydrogen) atoms. The Bertz CT molecular complexity index is 629. The van der Waals surface area contributed by atoms with Gasteiger partial charge in [-0.1, -0.05) is 0 Å². The first kappa shape index (κ1) is 14.8. The van der Waals surface area contributed by atoms with Gasteiger partial charge in [0.25, 0.3) is 0 Å². The smallest absolute Gasteiger partial charge is 0.326 e. The normalized spacial score (nSPS) is 19.9. The summed E-state index contributed by atoms with van der Waals surface area (Å²) in [5, 5.41) is 9.18. The van der Waals surface area contributed by atoms with Crippen molar-refractivity contribution in [1.29, 1.82) is 0 Å². The number of hydrogen-bond acceptors (Lipinski definition) is 4. The molecule has 0 radical (unpaired) electrons. The number of anilines is 1. The van der Waals surface area contributed by atoms with Gasteiger partial charge >= 0.3 is 5.97 Å². The van der Waals surface area contributed by atoms with Crippen molar-refractivity contribution in [2.24, 2.45) is 0 Å². The van der Waals surface area contributed by atoms with Gasteiger partial charge < -0.3 is 10.0 Å². The number of carboxylic acid groups (broad SMARTS) is 1. The summed E-state index contributed by atoms with van der Waals surface area (Å²) in [5.74, 6) is -1.70. The number of rotatable bonds is 3. The molecule has 1 saturated heterocycles. The van der Waals surface area contributed by atoms with Crippen LogP contribution in [-0.2, 0) is 14.6 Å². The molecule has 0 amide bonds. The van der Waals surface area contributed by atoms with Crippen LogP contribution in [0.4, 0.5) is 10.1 Å². The molecule has 1 aliphatic heterocycles. The maximum Gasteiger partial charge on any atom is 0.326 e. The Labute approximate surface area is 116 Å². The molecule has 1 atom stereocenters. The highest BCUT2D eigenvalue weighted by Crippen LogP contribution is 2.29. The Morgan fingerprint density at radius 1 is 1.40 bits per heavy atom. The van der Waals surface area contributed by atoms with Gasteiger partial charge in [-0.15, -0.1) is 0 Å². The molecule has 2 rings (SSSR count). The fraction of sp³-hybridized carbons (Fsp3) is 0.462. The van der Waals surface area contributed by atoms with Crippen LogP contribution in [0.15, 0.2) is 23.1 Å². The predicted molar refractivity (Wildman–Crippen MR) is 72.1 cm³/mol. The van der Waals surface area contributed by atoms with Crippen LogP contribution in [0.25, 0.3) is 0 Å². The van der Waals surface area contributed by atoms with Gasteiger partial charge in [-0.05, 0) is 37.5 Å². The second kappa shape index (κ2) is 5.40. The molecule has 5 nitrogen and oxygen atoms in total. The van der Waals surface area contributed by atoms with Crippen molar-refractivity contribution in [3.63, 3.8) is 0 Å². The third-order valence-electron chi connectivity index (χ3n) is 3.44. The average Bonchev–Trinajstić information content (AvgIpc) is 2.37. The van der Waals surface area contributed by atoms with Crippen LogP contribution in [0.3, 0.4) is 0 Å². The van der Waals surface area contributed by atoms with Gasteiger partial charge in [0.2, 0.25) is 0 Å². The number of sulfone groups is 1. The van der Waals surface area contributed by atoms with E-state index in [1.165, 1.54) is 17.0 Å². The Balaban J connectivity index is 2.39. The molecule has 1 fully saturated rings. The number of hydrogen-bond donors (Lipinski definition) is 1. The van der Waals surface area contributed by atoms with Gasteiger partial charge in [0.15, 0.2) is 9.84 Å². The lowest BCUT2D eigenvalue weighted by atomic mass is 10.0. The third-order valence-corrected chi connectivity index (χ3v) is 4.55. The Kier molecular flexibility index (Phi) is 3.99. The molecular weight excluding hydrogens is 285 g/mol. The molecule has 1 aliphatic rings. The van der Waals surface area contributed by atoms with Gasteiger partial charge in [0.1, 0.15) is 11.9 Å². The van der Waals surface area contributed by atoms with Crippen molar-refractivity contribution in [2.45, 2.75) is 30.2 Å². The second-order valence-electron chi connectivity index (χ2n) is 4.93. The van der Waals surface area contributed by atoms with Crippen LogP contribution in [0, 0.1) is 5.82 Å². The van der Waals surface area contributed by atoms with Crippen molar-refractivity contribution in [3.05, 3.63) is 24.0 Å². The SMILES string of the molecule is CS(=O)(=O)c1ccc(N2CCCC[C@H]2C(=O)O)c(F)c1. The molecule has 0 bridgehead atoms. The summed E-state index contributed by atoms with van der Waals surface area (Å²) in [4.78, 5) is 12.6. The van der Waals surface area contributed by atoms with Gasteiger partial charge in [0.05, 0.1) is 10.6 Å². The largest absolute Gasteiger partial charge is 0.480 e. The standard InChI is InChI=1S/C13H16FNO4S/c1-20(18,19)9-5-6-11(10(14)8-9)15-7-3-2-4-12(15)13(16)17/h5-6,8,12H,2-4,7H2,1H3,(H,16,17)/t12-/m0/s1. The number of nitrogens with zero attached hydrogens (tertiary/aromatic N) is 1. The molecule has 1 heterocycles. The summed E-state index contributed by atoms with van der Waals surface area (Å²) in [6.45, 7) is 0.451. The fourth-order valence-corrected chi connectivity index (χ4v) is 3.06. The van der Waals surface area contributed by atoms with Gasteiger partial charge in [-0.25, -0.2) is 17.6 Å². The maximum absolute atomic E-state index is 14.1. The Morgan fingerprint density at radius 2 is 2.10 bits per heavy atom. The summed E-state index contributed by atoms with van der Waals surface area (Å²) in [6.07, 6.45) is 3.04. The molecular formula is C13H16FNO4S. The third kappa shape index (κ3) is 2.92. The zero-order valence-electron chi connectivity index (χ0n) is 11.0. The van der Waals surface area contributed by atoms with Crippen LogP contribution < -0.4 is 4.90 Å². The van der Waals surface area contributed by atoms with E-state index in [0.717, 1.165) is 25.2 Å². The monoisotopic (exact) mass is 301 g/mol. The van der Waals surface area contributed by atoms with Crippen LogP contribution in [-0.4, -0.2) is 38.3 Å². The molecule has 0 aromatic heterocycles. The van der Waals surface area contributed by atoms with E-state index in [9.17, 15) is 22.7 Å². The number of benzene rings is 1. The maximum atomic E-state index is 14.1. The minimum Gasteiger partial charge on any atom is -0.480 e. The van der Waals surface area contributed by atoms with Crippen molar-refractivity contribution in [3.8, 4) is 0 Å². The summed E-state index contributed by atoms with van der Waals surface area (Å²) in [6, 6.07) is 2.83. The van der Waals surface area contributed by atoms with Gasteiger partial charge in [0, 0.05) is 12.8 Å². The predicted octanol–water partition coefficient (Wildman–Crippen LogP) is 1.67. The first-order chi connectivity index (χ1) is 9.30. The zero-order valence-corrected chi connectivity index (χ0v) is 11.9. The Morgan fingerprint density at radius 3 is 2.65 bits per heavy atom. The van der Waals surface area contributed by atoms with Crippen LogP contribution in [0.1, 0.15) is 19.3 Å². The van der Waals surface area contributed by atoms with Crippen molar-refractivity contribution >= 4 is 21.5 Å². The van der Waals surface area contributed by atoms with E-state index >= 15 is 0 Å². The summed E-state index contributed by atoms with van der Waals surface area (Å²) in [7, 11) is -3.48. The number of halogens is 1. The molecule has 1 N–H and O–H groups in total. The number of carbonyl (C=O) groups is 1. The lowest BCUT2D eigenvalue weighted by molar-refractivity contribution is -0.139. The van der Waals surface area contributed by atoms with E-state index < -0.39 is 27.7 Å². The molecule has 1 aromatic rings. The van der Waals surface area contributed by atoms with E-state index in [2.05, 4.69) is 0 Å². The van der Waals surface area contributed by atoms with Crippen LogP contribution >= 0.6 is 0 Å². The van der Waals surface area contributed by atoms with Crippen LogP contribution in [0.2, 0.25) is 0 Å². The second-order valence-corrected chi connectivity index (χ2v) is 6.94. The van der Waals surface area contributed by atoms with E-state index in [1.54, 1.807) is 0 Å². The summed E-state index contributed by atoms with van der Waals surface area (Å²) >= 11 is 0. The molecule has 0 spiro atoms. The van der Waals surface area contributed by atoms with Crippen molar-refractivity contribution in [2.75, 3.05) is 17.7 Å². The van der Waals surface area contributed by atoms with Crippen LogP contribution in [0.5, 0.6) is 0 Å². The topological polar surface area (TPSA) is 74.7 Å². The van der Waals surface area contributed by atoms with Gasteiger partial charge in [-0.2, -0.15) is 0 Å². The number of piperidine rings is 1. The highest BCUT2D eigenvalue weighted by atomic mass is 32.2. The van der Waals surface area contributed by atoms with E-state index in [4.69, 9.17) is 0 Å². The number of aliphatic carboxylic acids is 1. The van der Waals surface area contributed by atoms with E-state index in [-0.39, 0.29) is 10.6 Å². The lowest BCUT2D eigenvalue weighted by Gasteiger charge is -2.35. The molecule has 1 aromatic carbocycles. The Hall–Kier alpha value is -1.63. The first-order valence-electron chi connectivity index (χ1n) is 6.30. The van der Waals surface area contributed by atoms with Crippen molar-refractivity contribution < 1.29 is 22.7 Å². The fourth-order valence-electron chi connectivity index (χ4n) is 2.43. The summed E-state index contributed by atoms with van der Waals surface area (Å²) < 4.78 is 36.8. The molecule has 7 heteroatoms. The highest BCUT2D eigenvalue weighted by Gasteiger charge is 2.30. The van der Waals surface area contributed by atoms with Crippen molar-refractivity contribution in [1.82, 2.24) is 0 Å². The molecule has 0 aliphatic carbocycles. The first-order valence-corrected chi connectivity index (χ1v) is 8.19.